The molecule has 0 aliphatic carbocycles. The number of alkyl halides is 3. The van der Waals surface area contributed by atoms with E-state index in [-0.39, 0.29) is 5.56 Å². The van der Waals surface area contributed by atoms with Gasteiger partial charge in [-0.15, -0.1) is 0 Å². The Bertz CT molecular complexity index is 685. The van der Waals surface area contributed by atoms with Crippen LogP contribution in [0.4, 0.5) is 13.2 Å². The van der Waals surface area contributed by atoms with Crippen LogP contribution in [0.3, 0.4) is 0 Å². The highest BCUT2D eigenvalue weighted by molar-refractivity contribution is 6.30. The summed E-state index contributed by atoms with van der Waals surface area (Å²) in [7, 11) is 1.84. The predicted octanol–water partition coefficient (Wildman–Crippen LogP) is 5.73. The van der Waals surface area contributed by atoms with Crippen LogP contribution in [0.1, 0.15) is 28.2 Å². The average molecular weight is 354 g/mol. The van der Waals surface area contributed by atoms with Crippen LogP contribution in [0.15, 0.2) is 48.5 Å². The predicted molar refractivity (Wildman–Crippen MR) is 93.2 cm³/mol. The highest BCUT2D eigenvalue weighted by atomic mass is 35.5. The number of allylic oxidation sites excluding steroid dienone is 1. The molecule has 0 amide bonds. The Morgan fingerprint density at radius 1 is 1.12 bits per heavy atom. The Hall–Kier alpha value is -1.78. The van der Waals surface area contributed by atoms with Crippen LogP contribution in [0.2, 0.25) is 5.02 Å². The molecule has 0 heterocycles. The largest absolute Gasteiger partial charge is 0.399 e. The van der Waals surface area contributed by atoms with Crippen LogP contribution in [0, 0.1) is 6.92 Å². The normalized spacial score (nSPS) is 13.4. The first-order valence-electron chi connectivity index (χ1n) is 7.55. The first-order valence-corrected chi connectivity index (χ1v) is 7.93. The lowest BCUT2D eigenvalue weighted by Crippen LogP contribution is -2.19. The van der Waals surface area contributed by atoms with E-state index in [0.717, 1.165) is 17.7 Å². The molecule has 1 N–H and O–H groups in total. The minimum Gasteiger partial charge on any atom is -0.316 e. The molecule has 0 saturated carbocycles. The molecule has 0 aliphatic rings. The third-order valence-corrected chi connectivity index (χ3v) is 3.84. The van der Waals surface area contributed by atoms with Gasteiger partial charge < -0.3 is 5.32 Å². The third kappa shape index (κ3) is 5.11. The fraction of sp³-hybridized carbons (Fsp3) is 0.263. The number of benzene rings is 2. The summed E-state index contributed by atoms with van der Waals surface area (Å²) in [5.74, 6) is -1.69. The lowest BCUT2D eigenvalue weighted by molar-refractivity contribution is -0.139. The van der Waals surface area contributed by atoms with E-state index in [9.17, 15) is 13.2 Å². The molecule has 5 heteroatoms. The van der Waals surface area contributed by atoms with Crippen LogP contribution in [0.25, 0.3) is 6.08 Å². The van der Waals surface area contributed by atoms with E-state index in [1.165, 1.54) is 24.3 Å². The zero-order valence-corrected chi connectivity index (χ0v) is 14.2. The van der Waals surface area contributed by atoms with Crippen molar-refractivity contribution in [3.8, 4) is 0 Å². The van der Waals surface area contributed by atoms with E-state index < -0.39 is 12.1 Å². The van der Waals surface area contributed by atoms with Gasteiger partial charge in [-0.3, -0.25) is 0 Å². The van der Waals surface area contributed by atoms with E-state index in [0.29, 0.717) is 10.6 Å². The molecule has 2 rings (SSSR count). The number of hydrogen-bond donors (Lipinski definition) is 1. The van der Waals surface area contributed by atoms with E-state index in [2.05, 4.69) is 5.32 Å². The molecule has 0 aliphatic heterocycles. The molecule has 0 bridgehead atoms. The summed E-state index contributed by atoms with van der Waals surface area (Å²) >= 11 is 5.91. The molecule has 1 unspecified atom stereocenters. The third-order valence-electron chi connectivity index (χ3n) is 3.62. The van der Waals surface area contributed by atoms with Crippen molar-refractivity contribution in [2.24, 2.45) is 0 Å². The smallest absolute Gasteiger partial charge is 0.316 e. The molecule has 0 fully saturated rings. The van der Waals surface area contributed by atoms with E-state index in [4.69, 9.17) is 11.6 Å². The number of nitrogens with one attached hydrogen (secondary N) is 1. The van der Waals surface area contributed by atoms with Crippen molar-refractivity contribution in [3.05, 3.63) is 75.8 Å². The summed E-state index contributed by atoms with van der Waals surface area (Å²) in [6, 6.07) is 11.9. The maximum atomic E-state index is 13.4. The topological polar surface area (TPSA) is 12.0 Å². The molecule has 0 radical (unpaired) electrons. The van der Waals surface area contributed by atoms with Crippen molar-refractivity contribution in [3.63, 3.8) is 0 Å². The van der Waals surface area contributed by atoms with Gasteiger partial charge in [0, 0.05) is 11.6 Å². The molecule has 0 aromatic heterocycles. The zero-order valence-electron chi connectivity index (χ0n) is 13.5. The maximum absolute atomic E-state index is 13.4. The first-order chi connectivity index (χ1) is 11.3. The lowest BCUT2D eigenvalue weighted by Gasteiger charge is -2.18. The molecule has 0 saturated heterocycles. The highest BCUT2D eigenvalue weighted by Crippen LogP contribution is 2.37. The number of rotatable bonds is 5. The lowest BCUT2D eigenvalue weighted by atomic mass is 9.95. The van der Waals surface area contributed by atoms with Crippen LogP contribution in [0.5, 0.6) is 0 Å². The number of halogens is 4. The summed E-state index contributed by atoms with van der Waals surface area (Å²) in [6.45, 7) is 2.45. The van der Waals surface area contributed by atoms with Gasteiger partial charge in [-0.25, -0.2) is 0 Å². The summed E-state index contributed by atoms with van der Waals surface area (Å²) < 4.78 is 40.3. The van der Waals surface area contributed by atoms with Crippen molar-refractivity contribution in [1.29, 1.82) is 0 Å². The second-order valence-electron chi connectivity index (χ2n) is 5.71. The molecular formula is C19H19ClF3N. The SMILES string of the molecule is CNCc1ccc(/C=C/C(c2cc(C)cc(Cl)c2)C(F)(F)F)cc1. The Morgan fingerprint density at radius 2 is 1.79 bits per heavy atom. The molecule has 2 aromatic carbocycles. The van der Waals surface area contributed by atoms with Gasteiger partial charge in [0.05, 0.1) is 5.92 Å². The summed E-state index contributed by atoms with van der Waals surface area (Å²) in [4.78, 5) is 0. The first kappa shape index (κ1) is 18.6. The molecule has 24 heavy (non-hydrogen) atoms. The van der Waals surface area contributed by atoms with Crippen molar-refractivity contribution in [1.82, 2.24) is 5.32 Å². The van der Waals surface area contributed by atoms with Crippen LogP contribution < -0.4 is 5.32 Å². The second-order valence-corrected chi connectivity index (χ2v) is 6.15. The van der Waals surface area contributed by atoms with Gasteiger partial charge in [0.2, 0.25) is 0 Å². The van der Waals surface area contributed by atoms with Crippen molar-refractivity contribution in [2.75, 3.05) is 7.05 Å². The molecule has 2 aromatic rings. The highest BCUT2D eigenvalue weighted by Gasteiger charge is 2.39. The quantitative estimate of drug-likeness (QED) is 0.724. The fourth-order valence-corrected chi connectivity index (χ4v) is 2.81. The van der Waals surface area contributed by atoms with Gasteiger partial charge in [-0.2, -0.15) is 13.2 Å². The van der Waals surface area contributed by atoms with E-state index in [1.54, 1.807) is 25.1 Å². The van der Waals surface area contributed by atoms with Crippen LogP contribution in [-0.4, -0.2) is 13.2 Å². The minimum atomic E-state index is -4.38. The summed E-state index contributed by atoms with van der Waals surface area (Å²) in [5.41, 5.74) is 2.66. The van der Waals surface area contributed by atoms with Gasteiger partial charge in [-0.05, 0) is 48.4 Å². The monoisotopic (exact) mass is 353 g/mol. The van der Waals surface area contributed by atoms with Gasteiger partial charge in [0.25, 0.3) is 0 Å². The van der Waals surface area contributed by atoms with E-state index in [1.807, 2.05) is 19.2 Å². The minimum absolute atomic E-state index is 0.149. The number of aryl methyl sites for hydroxylation is 1. The van der Waals surface area contributed by atoms with Gasteiger partial charge in [0.1, 0.15) is 0 Å². The Kier molecular flexibility index (Phi) is 6.08. The molecule has 1 nitrogen and oxygen atoms in total. The Balaban J connectivity index is 2.29. The Labute approximate surface area is 145 Å². The van der Waals surface area contributed by atoms with Crippen molar-refractivity contribution < 1.29 is 13.2 Å². The van der Waals surface area contributed by atoms with Gasteiger partial charge in [0.15, 0.2) is 0 Å². The maximum Gasteiger partial charge on any atom is 0.399 e. The zero-order chi connectivity index (χ0) is 17.7. The fourth-order valence-electron chi connectivity index (χ4n) is 2.51. The van der Waals surface area contributed by atoms with Crippen molar-refractivity contribution in [2.45, 2.75) is 25.6 Å². The second kappa shape index (κ2) is 7.86. The molecule has 128 valence electrons. The number of hydrogen-bond acceptors (Lipinski definition) is 1. The van der Waals surface area contributed by atoms with Crippen LogP contribution >= 0.6 is 11.6 Å². The van der Waals surface area contributed by atoms with E-state index >= 15 is 0 Å². The summed E-state index contributed by atoms with van der Waals surface area (Å²) in [6.07, 6.45) is -1.70. The standard InChI is InChI=1S/C19H19ClF3N/c1-13-9-16(11-17(20)10-13)18(19(21,22)23)8-7-14-3-5-15(6-4-14)12-24-2/h3-11,18,24H,12H2,1-2H3/b8-7+. The average Bonchev–Trinajstić information content (AvgIpc) is 2.47. The van der Waals surface area contributed by atoms with Gasteiger partial charge in [-0.1, -0.05) is 54.1 Å². The molecule has 1 atom stereocenters. The Morgan fingerprint density at radius 3 is 2.33 bits per heavy atom. The van der Waals surface area contributed by atoms with Crippen molar-refractivity contribution >= 4 is 17.7 Å². The summed E-state index contributed by atoms with van der Waals surface area (Å²) in [5, 5.41) is 3.34. The van der Waals surface area contributed by atoms with Crippen LogP contribution in [-0.2, 0) is 6.54 Å². The molecular weight excluding hydrogens is 335 g/mol. The molecule has 0 spiro atoms. The van der Waals surface area contributed by atoms with Gasteiger partial charge >= 0.3 is 6.18 Å².